The number of amides is 1. The summed E-state index contributed by atoms with van der Waals surface area (Å²) in [7, 11) is 1.77. The summed E-state index contributed by atoms with van der Waals surface area (Å²) in [6, 6.07) is 5.31. The number of hydrogen-bond donors (Lipinski definition) is 1. The van der Waals surface area contributed by atoms with Crippen LogP contribution < -0.4 is 0 Å². The lowest BCUT2D eigenvalue weighted by Gasteiger charge is -2.22. The standard InChI is InChI=1S/C13H18N2O2/c1-15(9-10-5-4-7-12(10)16)13(17)11-6-2-3-8-14-11/h2-3,6,8,10,12,16H,4-5,7,9H2,1H3. The minimum atomic E-state index is -0.256. The number of rotatable bonds is 3. The van der Waals surface area contributed by atoms with Gasteiger partial charge in [-0.3, -0.25) is 9.78 Å². The van der Waals surface area contributed by atoms with Crippen molar-refractivity contribution < 1.29 is 9.90 Å². The van der Waals surface area contributed by atoms with Crippen molar-refractivity contribution in [2.24, 2.45) is 5.92 Å². The molecule has 2 rings (SSSR count). The lowest BCUT2D eigenvalue weighted by atomic mass is 10.1. The number of carbonyl (C=O) groups is 1. The molecule has 4 heteroatoms. The largest absolute Gasteiger partial charge is 0.393 e. The third-order valence-corrected chi connectivity index (χ3v) is 3.36. The van der Waals surface area contributed by atoms with Crippen molar-refractivity contribution in [3.05, 3.63) is 30.1 Å². The molecule has 2 unspecified atom stereocenters. The quantitative estimate of drug-likeness (QED) is 0.858. The van der Waals surface area contributed by atoms with Crippen molar-refractivity contribution in [1.82, 2.24) is 9.88 Å². The number of aliphatic hydroxyl groups excluding tert-OH is 1. The highest BCUT2D eigenvalue weighted by Crippen LogP contribution is 2.26. The molecule has 17 heavy (non-hydrogen) atoms. The van der Waals surface area contributed by atoms with Gasteiger partial charge in [-0.25, -0.2) is 0 Å². The molecular weight excluding hydrogens is 216 g/mol. The SMILES string of the molecule is CN(CC1CCCC1O)C(=O)c1ccccn1. The first-order valence-electron chi connectivity index (χ1n) is 6.03. The molecule has 1 fully saturated rings. The third-order valence-electron chi connectivity index (χ3n) is 3.36. The van der Waals surface area contributed by atoms with Crippen molar-refractivity contribution in [3.8, 4) is 0 Å². The van der Waals surface area contributed by atoms with E-state index in [4.69, 9.17) is 0 Å². The van der Waals surface area contributed by atoms with Crippen LogP contribution >= 0.6 is 0 Å². The second-order valence-electron chi connectivity index (χ2n) is 4.66. The van der Waals surface area contributed by atoms with Gasteiger partial charge in [-0.15, -0.1) is 0 Å². The summed E-state index contributed by atoms with van der Waals surface area (Å²) in [6.45, 7) is 0.608. The number of pyridine rings is 1. The van der Waals surface area contributed by atoms with E-state index in [1.54, 1.807) is 36.3 Å². The summed E-state index contributed by atoms with van der Waals surface area (Å²) in [5, 5.41) is 9.74. The fourth-order valence-electron chi connectivity index (χ4n) is 2.35. The first kappa shape index (κ1) is 12.0. The van der Waals surface area contributed by atoms with Crippen LogP contribution in [-0.4, -0.2) is 40.6 Å². The van der Waals surface area contributed by atoms with Crippen LogP contribution in [0.15, 0.2) is 24.4 Å². The van der Waals surface area contributed by atoms with Gasteiger partial charge in [0.15, 0.2) is 0 Å². The molecule has 1 aromatic rings. The number of aliphatic hydroxyl groups is 1. The molecule has 1 heterocycles. The van der Waals surface area contributed by atoms with E-state index in [0.29, 0.717) is 12.2 Å². The Labute approximate surface area is 101 Å². The first-order valence-corrected chi connectivity index (χ1v) is 6.03. The van der Waals surface area contributed by atoms with Crippen LogP contribution in [0.25, 0.3) is 0 Å². The lowest BCUT2D eigenvalue weighted by molar-refractivity contribution is 0.0688. The Hall–Kier alpha value is -1.42. The normalized spacial score (nSPS) is 23.6. The topological polar surface area (TPSA) is 53.4 Å². The fraction of sp³-hybridized carbons (Fsp3) is 0.538. The van der Waals surface area contributed by atoms with Gasteiger partial charge in [-0.05, 0) is 25.0 Å². The molecule has 1 aromatic heterocycles. The molecule has 2 atom stereocenters. The van der Waals surface area contributed by atoms with E-state index in [1.165, 1.54) is 0 Å². The van der Waals surface area contributed by atoms with Crippen LogP contribution in [0.1, 0.15) is 29.8 Å². The van der Waals surface area contributed by atoms with E-state index < -0.39 is 0 Å². The Kier molecular flexibility index (Phi) is 3.74. The van der Waals surface area contributed by atoms with Crippen LogP contribution in [0.2, 0.25) is 0 Å². The smallest absolute Gasteiger partial charge is 0.272 e. The van der Waals surface area contributed by atoms with Gasteiger partial charge in [0.1, 0.15) is 5.69 Å². The summed E-state index contributed by atoms with van der Waals surface area (Å²) in [6.07, 6.45) is 4.27. The monoisotopic (exact) mass is 234 g/mol. The van der Waals surface area contributed by atoms with Crippen molar-refractivity contribution in [3.63, 3.8) is 0 Å². The predicted octanol–water partition coefficient (Wildman–Crippen LogP) is 1.31. The molecule has 1 aliphatic rings. The molecular formula is C13H18N2O2. The van der Waals surface area contributed by atoms with Crippen molar-refractivity contribution in [1.29, 1.82) is 0 Å². The molecule has 0 spiro atoms. The number of carbonyl (C=O) groups excluding carboxylic acids is 1. The van der Waals surface area contributed by atoms with E-state index in [0.717, 1.165) is 19.3 Å². The van der Waals surface area contributed by atoms with Gasteiger partial charge in [0.05, 0.1) is 6.10 Å². The van der Waals surface area contributed by atoms with Gasteiger partial charge >= 0.3 is 0 Å². The highest BCUT2D eigenvalue weighted by atomic mass is 16.3. The second-order valence-corrected chi connectivity index (χ2v) is 4.66. The van der Waals surface area contributed by atoms with Crippen LogP contribution in [0.5, 0.6) is 0 Å². The zero-order valence-electron chi connectivity index (χ0n) is 10.0. The van der Waals surface area contributed by atoms with E-state index in [2.05, 4.69) is 4.98 Å². The van der Waals surface area contributed by atoms with Crippen molar-refractivity contribution in [2.75, 3.05) is 13.6 Å². The molecule has 0 aliphatic heterocycles. The number of nitrogens with zero attached hydrogens (tertiary/aromatic N) is 2. The van der Waals surface area contributed by atoms with Gasteiger partial charge < -0.3 is 10.0 Å². The Morgan fingerprint density at radius 3 is 2.94 bits per heavy atom. The highest BCUT2D eigenvalue weighted by molar-refractivity contribution is 5.92. The highest BCUT2D eigenvalue weighted by Gasteiger charge is 2.27. The predicted molar refractivity (Wildman–Crippen MR) is 64.5 cm³/mol. The third kappa shape index (κ3) is 2.82. The van der Waals surface area contributed by atoms with E-state index in [-0.39, 0.29) is 17.9 Å². The zero-order valence-corrected chi connectivity index (χ0v) is 10.0. The zero-order chi connectivity index (χ0) is 12.3. The summed E-state index contributed by atoms with van der Waals surface area (Å²) >= 11 is 0. The van der Waals surface area contributed by atoms with Gasteiger partial charge in [0.2, 0.25) is 0 Å². The minimum Gasteiger partial charge on any atom is -0.393 e. The van der Waals surface area contributed by atoms with E-state index in [1.807, 2.05) is 0 Å². The Bertz CT molecular complexity index is 380. The molecule has 0 radical (unpaired) electrons. The molecule has 0 bridgehead atoms. The number of aromatic nitrogens is 1. The summed E-state index contributed by atoms with van der Waals surface area (Å²) < 4.78 is 0. The maximum absolute atomic E-state index is 12.0. The van der Waals surface area contributed by atoms with Gasteiger partial charge in [-0.1, -0.05) is 12.5 Å². The molecule has 1 saturated carbocycles. The summed E-state index contributed by atoms with van der Waals surface area (Å²) in [4.78, 5) is 17.7. The Morgan fingerprint density at radius 2 is 2.35 bits per heavy atom. The van der Waals surface area contributed by atoms with E-state index in [9.17, 15) is 9.90 Å². The van der Waals surface area contributed by atoms with Crippen molar-refractivity contribution >= 4 is 5.91 Å². The second kappa shape index (κ2) is 5.27. The maximum atomic E-state index is 12.0. The Balaban J connectivity index is 1.96. The molecule has 0 saturated heterocycles. The van der Waals surface area contributed by atoms with E-state index >= 15 is 0 Å². The minimum absolute atomic E-state index is 0.0790. The number of hydrogen-bond acceptors (Lipinski definition) is 3. The Morgan fingerprint density at radius 1 is 1.53 bits per heavy atom. The molecule has 0 aromatic carbocycles. The lowest BCUT2D eigenvalue weighted by Crippen LogP contribution is -2.34. The molecule has 4 nitrogen and oxygen atoms in total. The summed E-state index contributed by atoms with van der Waals surface area (Å²) in [5.74, 6) is 0.136. The van der Waals surface area contributed by atoms with Crippen LogP contribution in [0.3, 0.4) is 0 Å². The average Bonchev–Trinajstić information content (AvgIpc) is 2.75. The maximum Gasteiger partial charge on any atom is 0.272 e. The molecule has 1 amide bonds. The molecule has 92 valence electrons. The van der Waals surface area contributed by atoms with Gasteiger partial charge in [0, 0.05) is 25.7 Å². The first-order chi connectivity index (χ1) is 8.18. The fourth-order valence-corrected chi connectivity index (χ4v) is 2.35. The van der Waals surface area contributed by atoms with Gasteiger partial charge in [-0.2, -0.15) is 0 Å². The summed E-state index contributed by atoms with van der Waals surface area (Å²) in [5.41, 5.74) is 0.461. The molecule has 1 N–H and O–H groups in total. The van der Waals surface area contributed by atoms with Crippen molar-refractivity contribution in [2.45, 2.75) is 25.4 Å². The van der Waals surface area contributed by atoms with Crippen LogP contribution in [0.4, 0.5) is 0 Å². The molecule has 1 aliphatic carbocycles. The van der Waals surface area contributed by atoms with Crippen LogP contribution in [0, 0.1) is 5.92 Å². The average molecular weight is 234 g/mol. The van der Waals surface area contributed by atoms with Crippen LogP contribution in [-0.2, 0) is 0 Å². The van der Waals surface area contributed by atoms with Gasteiger partial charge in [0.25, 0.3) is 5.91 Å².